The number of nitrogens with zero attached hydrogens (tertiary/aromatic N) is 3. The standard InChI is InChI=1S/C25H26N4O4S/c1-25(17-7-9-18(33-2)10-8-17)23(31)29(24(32)27-25)15-21(30)28-13-11-16(12-14-28)22-26-19-5-3-4-6-20(19)34-22/h3-10,16H,11-15H2,1-2H3,(H,27,32)/t25-/m1/s1. The van der Waals surface area contributed by atoms with Crippen molar-refractivity contribution in [3.05, 3.63) is 59.1 Å². The monoisotopic (exact) mass is 478 g/mol. The smallest absolute Gasteiger partial charge is 0.325 e. The number of rotatable bonds is 5. The molecule has 4 amide bonds. The van der Waals surface area contributed by atoms with E-state index in [1.807, 2.05) is 18.2 Å². The minimum Gasteiger partial charge on any atom is -0.497 e. The van der Waals surface area contributed by atoms with Crippen molar-refractivity contribution in [3.8, 4) is 5.75 Å². The lowest BCUT2D eigenvalue weighted by Crippen LogP contribution is -2.46. The molecule has 3 aromatic rings. The number of ether oxygens (including phenoxy) is 1. The predicted molar refractivity (Wildman–Crippen MR) is 129 cm³/mol. The van der Waals surface area contributed by atoms with E-state index >= 15 is 0 Å². The number of benzene rings is 2. The second kappa shape index (κ2) is 8.72. The minimum absolute atomic E-state index is 0.217. The quantitative estimate of drug-likeness (QED) is 0.567. The second-order valence-electron chi connectivity index (χ2n) is 8.85. The lowest BCUT2D eigenvalue weighted by atomic mass is 9.92. The van der Waals surface area contributed by atoms with E-state index in [1.54, 1.807) is 54.5 Å². The maximum absolute atomic E-state index is 13.2. The number of aromatic nitrogens is 1. The van der Waals surface area contributed by atoms with Crippen LogP contribution in [0.4, 0.5) is 4.79 Å². The molecule has 1 atom stereocenters. The zero-order chi connectivity index (χ0) is 23.9. The first-order chi connectivity index (χ1) is 16.4. The molecule has 34 heavy (non-hydrogen) atoms. The van der Waals surface area contributed by atoms with Gasteiger partial charge in [-0.1, -0.05) is 24.3 Å². The van der Waals surface area contributed by atoms with Crippen molar-refractivity contribution in [3.63, 3.8) is 0 Å². The van der Waals surface area contributed by atoms with Gasteiger partial charge in [0.1, 0.15) is 17.8 Å². The Balaban J connectivity index is 1.22. The molecular formula is C25H26N4O4S. The molecule has 0 aliphatic carbocycles. The van der Waals surface area contributed by atoms with Crippen molar-refractivity contribution in [2.75, 3.05) is 26.7 Å². The van der Waals surface area contributed by atoms with Gasteiger partial charge in [0, 0.05) is 19.0 Å². The molecule has 2 saturated heterocycles. The lowest BCUT2D eigenvalue weighted by Gasteiger charge is -2.32. The van der Waals surface area contributed by atoms with Crippen molar-refractivity contribution in [2.24, 2.45) is 0 Å². The molecule has 3 heterocycles. The molecular weight excluding hydrogens is 452 g/mol. The summed E-state index contributed by atoms with van der Waals surface area (Å²) in [6.07, 6.45) is 1.63. The number of hydrogen-bond donors (Lipinski definition) is 1. The number of carbonyl (C=O) groups is 3. The van der Waals surface area contributed by atoms with Gasteiger partial charge in [-0.25, -0.2) is 9.78 Å². The van der Waals surface area contributed by atoms with Gasteiger partial charge in [-0.3, -0.25) is 14.5 Å². The molecule has 176 valence electrons. The summed E-state index contributed by atoms with van der Waals surface area (Å²) < 4.78 is 6.34. The van der Waals surface area contributed by atoms with Crippen LogP contribution in [0.2, 0.25) is 0 Å². The second-order valence-corrected chi connectivity index (χ2v) is 9.91. The van der Waals surface area contributed by atoms with Crippen molar-refractivity contribution in [1.82, 2.24) is 20.1 Å². The highest BCUT2D eigenvalue weighted by molar-refractivity contribution is 7.18. The Hall–Kier alpha value is -3.46. The van der Waals surface area contributed by atoms with Crippen LogP contribution in [-0.4, -0.2) is 59.4 Å². The van der Waals surface area contributed by atoms with Gasteiger partial charge in [0.05, 0.1) is 22.3 Å². The molecule has 2 aromatic carbocycles. The largest absolute Gasteiger partial charge is 0.497 e. The summed E-state index contributed by atoms with van der Waals surface area (Å²) in [6, 6.07) is 14.5. The van der Waals surface area contributed by atoms with Crippen molar-refractivity contribution < 1.29 is 19.1 Å². The predicted octanol–water partition coefficient (Wildman–Crippen LogP) is 3.48. The fourth-order valence-corrected chi connectivity index (χ4v) is 5.77. The Bertz CT molecular complexity index is 1220. The van der Waals surface area contributed by atoms with Crippen LogP contribution in [0.1, 0.15) is 36.3 Å². The molecule has 5 rings (SSSR count). The summed E-state index contributed by atoms with van der Waals surface area (Å²) in [5.74, 6) is 0.326. The van der Waals surface area contributed by atoms with Crippen LogP contribution in [-0.2, 0) is 15.1 Å². The summed E-state index contributed by atoms with van der Waals surface area (Å²) >= 11 is 1.71. The number of urea groups is 1. The van der Waals surface area contributed by atoms with Crippen LogP contribution >= 0.6 is 11.3 Å². The molecule has 0 saturated carbocycles. The average molecular weight is 479 g/mol. The minimum atomic E-state index is -1.22. The van der Waals surface area contributed by atoms with Crippen molar-refractivity contribution in [2.45, 2.75) is 31.2 Å². The first-order valence-electron chi connectivity index (χ1n) is 11.3. The number of fused-ring (bicyclic) bond motifs is 1. The summed E-state index contributed by atoms with van der Waals surface area (Å²) in [6.45, 7) is 2.56. The summed E-state index contributed by atoms with van der Waals surface area (Å²) in [7, 11) is 1.56. The van der Waals surface area contributed by atoms with Crippen LogP contribution < -0.4 is 10.1 Å². The number of nitrogens with one attached hydrogen (secondary N) is 1. The number of likely N-dealkylation sites (tertiary alicyclic amines) is 1. The maximum Gasteiger partial charge on any atom is 0.325 e. The van der Waals surface area contributed by atoms with Gasteiger partial charge in [-0.2, -0.15) is 0 Å². The van der Waals surface area contributed by atoms with E-state index in [2.05, 4.69) is 11.4 Å². The molecule has 1 N–H and O–H groups in total. The van der Waals surface area contributed by atoms with Crippen LogP contribution in [0.15, 0.2) is 48.5 Å². The number of imide groups is 1. The van der Waals surface area contributed by atoms with Crippen molar-refractivity contribution >= 4 is 39.4 Å². The Morgan fingerprint density at radius 2 is 1.85 bits per heavy atom. The van der Waals surface area contributed by atoms with Gasteiger partial charge < -0.3 is 15.0 Å². The number of carbonyl (C=O) groups excluding carboxylic acids is 3. The van der Waals surface area contributed by atoms with E-state index in [0.717, 1.165) is 28.3 Å². The molecule has 1 aromatic heterocycles. The van der Waals surface area contributed by atoms with Crippen molar-refractivity contribution in [1.29, 1.82) is 0 Å². The number of amides is 4. The van der Waals surface area contributed by atoms with E-state index < -0.39 is 17.5 Å². The number of methoxy groups -OCH3 is 1. The zero-order valence-corrected chi connectivity index (χ0v) is 19.9. The van der Waals surface area contributed by atoms with Gasteiger partial charge in [0.2, 0.25) is 5.91 Å². The fourth-order valence-electron chi connectivity index (χ4n) is 4.64. The first-order valence-corrected chi connectivity index (χ1v) is 12.1. The highest BCUT2D eigenvalue weighted by Crippen LogP contribution is 2.34. The third-order valence-corrected chi connectivity index (χ3v) is 7.94. The fraction of sp³-hybridized carbons (Fsp3) is 0.360. The maximum atomic E-state index is 13.2. The molecule has 2 aliphatic heterocycles. The van der Waals surface area contributed by atoms with Gasteiger partial charge in [-0.15, -0.1) is 11.3 Å². The van der Waals surface area contributed by atoms with Crippen LogP contribution in [0.3, 0.4) is 0 Å². The zero-order valence-electron chi connectivity index (χ0n) is 19.1. The third-order valence-electron chi connectivity index (χ3n) is 6.74. The summed E-state index contributed by atoms with van der Waals surface area (Å²) in [5.41, 5.74) is 0.432. The average Bonchev–Trinajstić information content (AvgIpc) is 3.39. The van der Waals surface area contributed by atoms with E-state index in [1.165, 1.54) is 4.70 Å². The van der Waals surface area contributed by atoms with E-state index in [9.17, 15) is 14.4 Å². The highest BCUT2D eigenvalue weighted by atomic mass is 32.1. The molecule has 2 fully saturated rings. The Kier molecular flexibility index (Phi) is 5.73. The number of thiazole rings is 1. The first kappa shape index (κ1) is 22.3. The highest BCUT2D eigenvalue weighted by Gasteiger charge is 2.49. The molecule has 9 heteroatoms. The van der Waals surface area contributed by atoms with Gasteiger partial charge in [0.25, 0.3) is 5.91 Å². The molecule has 0 spiro atoms. The van der Waals surface area contributed by atoms with E-state index in [0.29, 0.717) is 30.3 Å². The molecule has 0 unspecified atom stereocenters. The Labute approximate surface area is 201 Å². The topological polar surface area (TPSA) is 91.8 Å². The lowest BCUT2D eigenvalue weighted by molar-refractivity contribution is -0.139. The molecule has 8 nitrogen and oxygen atoms in total. The van der Waals surface area contributed by atoms with E-state index in [4.69, 9.17) is 9.72 Å². The Morgan fingerprint density at radius 3 is 2.53 bits per heavy atom. The Morgan fingerprint density at radius 1 is 1.15 bits per heavy atom. The van der Waals surface area contributed by atoms with Crippen LogP contribution in [0.25, 0.3) is 10.2 Å². The van der Waals surface area contributed by atoms with Gasteiger partial charge in [-0.05, 0) is 49.6 Å². The summed E-state index contributed by atoms with van der Waals surface area (Å²) in [4.78, 5) is 46.3. The SMILES string of the molecule is COc1ccc([C@@]2(C)NC(=O)N(CC(=O)N3CCC(c4nc5ccccc5s4)CC3)C2=O)cc1. The molecule has 2 aliphatic rings. The molecule has 0 bridgehead atoms. The van der Waals surface area contributed by atoms with E-state index in [-0.39, 0.29) is 12.5 Å². The number of piperidine rings is 1. The van der Waals surface area contributed by atoms with Gasteiger partial charge in [0.15, 0.2) is 0 Å². The van der Waals surface area contributed by atoms with Crippen LogP contribution in [0.5, 0.6) is 5.75 Å². The van der Waals surface area contributed by atoms with Crippen LogP contribution in [0, 0.1) is 0 Å². The molecule has 0 radical (unpaired) electrons. The third kappa shape index (κ3) is 3.90. The number of para-hydroxylation sites is 1. The van der Waals surface area contributed by atoms with Gasteiger partial charge >= 0.3 is 6.03 Å². The normalized spacial score (nSPS) is 21.2. The summed E-state index contributed by atoms with van der Waals surface area (Å²) in [5, 5.41) is 3.86. The number of hydrogen-bond acceptors (Lipinski definition) is 6.